The van der Waals surface area contributed by atoms with Crippen molar-refractivity contribution in [1.82, 2.24) is 0 Å². The van der Waals surface area contributed by atoms with Crippen LogP contribution in [0.25, 0.3) is 32.3 Å². The first kappa shape index (κ1) is 12.4. The third kappa shape index (κ3) is 2.16. The minimum Gasteiger partial charge on any atom is -0.142 e. The third-order valence-corrected chi connectivity index (χ3v) is 4.80. The van der Waals surface area contributed by atoms with E-state index >= 15 is 0 Å². The quantitative estimate of drug-likeness (QED) is 0.409. The van der Waals surface area contributed by atoms with Crippen molar-refractivity contribution in [3.8, 4) is 22.3 Å². The molecule has 0 aliphatic carbocycles. The molecule has 0 aliphatic rings. The molecule has 0 saturated carbocycles. The van der Waals surface area contributed by atoms with Crippen LogP contribution >= 0.6 is 11.3 Å². The third-order valence-electron chi connectivity index (χ3n) is 3.77. The molecule has 0 fully saturated rings. The molecule has 1 aromatic heterocycles. The van der Waals surface area contributed by atoms with Crippen molar-refractivity contribution in [2.75, 3.05) is 0 Å². The summed E-state index contributed by atoms with van der Waals surface area (Å²) in [5, 5.41) is 3.61. The van der Waals surface area contributed by atoms with E-state index in [0.717, 1.165) is 0 Å². The fourth-order valence-corrected chi connectivity index (χ4v) is 3.86. The molecule has 0 aliphatic heterocycles. The van der Waals surface area contributed by atoms with E-state index in [-0.39, 0.29) is 0 Å². The zero-order chi connectivity index (χ0) is 14.1. The Morgan fingerprint density at radius 1 is 0.524 bits per heavy atom. The highest BCUT2D eigenvalue weighted by atomic mass is 32.1. The number of benzene rings is 3. The van der Waals surface area contributed by atoms with Gasteiger partial charge in [-0.15, -0.1) is 11.3 Å². The maximum absolute atomic E-state index is 2.27. The summed E-state index contributed by atoms with van der Waals surface area (Å²) < 4.78 is 1.36. The van der Waals surface area contributed by atoms with E-state index in [1.807, 2.05) is 11.3 Å². The smallest absolute Gasteiger partial charge is 0.0427 e. The van der Waals surface area contributed by atoms with Gasteiger partial charge in [-0.25, -0.2) is 0 Å². The molecule has 0 saturated heterocycles. The molecule has 21 heavy (non-hydrogen) atoms. The molecular formula is C20H14S. The maximum Gasteiger partial charge on any atom is 0.0427 e. The second-order valence-electron chi connectivity index (χ2n) is 5.06. The Morgan fingerprint density at radius 2 is 1.14 bits per heavy atom. The van der Waals surface area contributed by atoms with Gasteiger partial charge in [0, 0.05) is 15.6 Å². The molecule has 0 spiro atoms. The molecule has 1 heterocycles. The largest absolute Gasteiger partial charge is 0.142 e. The van der Waals surface area contributed by atoms with Crippen LogP contribution < -0.4 is 0 Å². The van der Waals surface area contributed by atoms with Gasteiger partial charge in [0.1, 0.15) is 0 Å². The van der Waals surface area contributed by atoms with Gasteiger partial charge < -0.3 is 0 Å². The topological polar surface area (TPSA) is 0 Å². The number of hydrogen-bond acceptors (Lipinski definition) is 1. The van der Waals surface area contributed by atoms with Crippen molar-refractivity contribution >= 4 is 21.4 Å². The molecule has 4 rings (SSSR count). The Labute approximate surface area is 128 Å². The van der Waals surface area contributed by atoms with Crippen molar-refractivity contribution in [2.24, 2.45) is 0 Å². The lowest BCUT2D eigenvalue weighted by atomic mass is 10.00. The van der Waals surface area contributed by atoms with Crippen molar-refractivity contribution in [1.29, 1.82) is 0 Å². The molecule has 0 nitrogen and oxygen atoms in total. The summed E-state index contributed by atoms with van der Waals surface area (Å²) in [6, 6.07) is 27.8. The average molecular weight is 286 g/mol. The van der Waals surface area contributed by atoms with Crippen LogP contribution in [0.2, 0.25) is 0 Å². The fourth-order valence-electron chi connectivity index (χ4n) is 2.74. The van der Waals surface area contributed by atoms with Crippen molar-refractivity contribution in [3.63, 3.8) is 0 Å². The Kier molecular flexibility index (Phi) is 3.06. The Hall–Kier alpha value is -2.38. The van der Waals surface area contributed by atoms with E-state index < -0.39 is 0 Å². The molecule has 3 aromatic carbocycles. The first-order valence-electron chi connectivity index (χ1n) is 7.04. The minimum absolute atomic E-state index is 1.28. The molecule has 0 bridgehead atoms. The lowest BCUT2D eigenvalue weighted by Crippen LogP contribution is -1.78. The number of rotatable bonds is 2. The van der Waals surface area contributed by atoms with Gasteiger partial charge in [0.25, 0.3) is 0 Å². The van der Waals surface area contributed by atoms with Gasteiger partial charge in [-0.05, 0) is 22.1 Å². The normalized spacial score (nSPS) is 10.9. The predicted molar refractivity (Wildman–Crippen MR) is 92.7 cm³/mol. The lowest BCUT2D eigenvalue weighted by molar-refractivity contribution is 1.66. The van der Waals surface area contributed by atoms with E-state index in [2.05, 4.69) is 84.2 Å². The fraction of sp³-hybridized carbons (Fsp3) is 0. The van der Waals surface area contributed by atoms with Gasteiger partial charge in [0.2, 0.25) is 0 Å². The van der Waals surface area contributed by atoms with Gasteiger partial charge in [-0.2, -0.15) is 0 Å². The zero-order valence-electron chi connectivity index (χ0n) is 11.5. The number of hydrogen-bond donors (Lipinski definition) is 0. The molecule has 1 heteroatoms. The molecular weight excluding hydrogens is 272 g/mol. The monoisotopic (exact) mass is 286 g/mol. The van der Waals surface area contributed by atoms with Crippen LogP contribution in [0.5, 0.6) is 0 Å². The van der Waals surface area contributed by atoms with Crippen LogP contribution in [0.1, 0.15) is 0 Å². The van der Waals surface area contributed by atoms with Crippen molar-refractivity contribution < 1.29 is 0 Å². The summed E-state index contributed by atoms with van der Waals surface area (Å²) in [6.45, 7) is 0. The highest BCUT2D eigenvalue weighted by Crippen LogP contribution is 2.39. The summed E-state index contributed by atoms with van der Waals surface area (Å²) in [5.41, 5.74) is 5.21. The minimum atomic E-state index is 1.28. The van der Waals surface area contributed by atoms with Gasteiger partial charge in [-0.1, -0.05) is 78.9 Å². The van der Waals surface area contributed by atoms with E-state index in [1.165, 1.54) is 32.3 Å². The van der Waals surface area contributed by atoms with Crippen LogP contribution in [0.3, 0.4) is 0 Å². The van der Waals surface area contributed by atoms with E-state index in [1.54, 1.807) is 0 Å². The van der Waals surface area contributed by atoms with Gasteiger partial charge in [-0.3, -0.25) is 0 Å². The average Bonchev–Trinajstić information content (AvgIpc) is 3.00. The van der Waals surface area contributed by atoms with Gasteiger partial charge >= 0.3 is 0 Å². The van der Waals surface area contributed by atoms with Crippen LogP contribution in [-0.4, -0.2) is 0 Å². The first-order valence-corrected chi connectivity index (χ1v) is 7.92. The van der Waals surface area contributed by atoms with Crippen LogP contribution in [-0.2, 0) is 0 Å². The van der Waals surface area contributed by atoms with Gasteiger partial charge in [0.15, 0.2) is 0 Å². The standard InChI is InChI=1S/C20H14S/c1-3-8-15(9-4-1)17-12-7-13-18-19(14-21-20(17)18)16-10-5-2-6-11-16/h1-14H. The first-order chi connectivity index (χ1) is 10.4. The van der Waals surface area contributed by atoms with Crippen molar-refractivity contribution in [2.45, 2.75) is 0 Å². The molecule has 4 aromatic rings. The SMILES string of the molecule is c1ccc(-c2csc3c(-c4ccccc4)cccc23)cc1. The zero-order valence-corrected chi connectivity index (χ0v) is 12.3. The summed E-state index contributed by atoms with van der Waals surface area (Å²) in [7, 11) is 0. The Balaban J connectivity index is 1.96. The Bertz CT molecular complexity index is 874. The Morgan fingerprint density at radius 3 is 1.81 bits per heavy atom. The van der Waals surface area contributed by atoms with E-state index in [9.17, 15) is 0 Å². The molecule has 0 radical (unpaired) electrons. The molecule has 0 N–H and O–H groups in total. The highest BCUT2D eigenvalue weighted by molar-refractivity contribution is 7.18. The van der Waals surface area contributed by atoms with Crippen LogP contribution in [0, 0.1) is 0 Å². The molecule has 100 valence electrons. The number of fused-ring (bicyclic) bond motifs is 1. The van der Waals surface area contributed by atoms with Crippen LogP contribution in [0.15, 0.2) is 84.2 Å². The van der Waals surface area contributed by atoms with Crippen LogP contribution in [0.4, 0.5) is 0 Å². The summed E-state index contributed by atoms with van der Waals surface area (Å²) in [5.74, 6) is 0. The summed E-state index contributed by atoms with van der Waals surface area (Å²) in [4.78, 5) is 0. The second-order valence-corrected chi connectivity index (χ2v) is 5.94. The highest BCUT2D eigenvalue weighted by Gasteiger charge is 2.10. The van der Waals surface area contributed by atoms with E-state index in [4.69, 9.17) is 0 Å². The predicted octanol–water partition coefficient (Wildman–Crippen LogP) is 6.24. The van der Waals surface area contributed by atoms with Crippen molar-refractivity contribution in [3.05, 3.63) is 84.2 Å². The molecule has 0 amide bonds. The number of thiophene rings is 1. The molecule has 0 atom stereocenters. The van der Waals surface area contributed by atoms with Gasteiger partial charge in [0.05, 0.1) is 0 Å². The lowest BCUT2D eigenvalue weighted by Gasteiger charge is -2.04. The summed E-state index contributed by atoms with van der Waals surface area (Å²) in [6.07, 6.45) is 0. The van der Waals surface area contributed by atoms with E-state index in [0.29, 0.717) is 0 Å². The second kappa shape index (κ2) is 5.19. The summed E-state index contributed by atoms with van der Waals surface area (Å²) >= 11 is 1.83. The molecule has 0 unspecified atom stereocenters. The maximum atomic E-state index is 2.27.